The second-order valence-corrected chi connectivity index (χ2v) is 7.20. The van der Waals surface area contributed by atoms with Crippen molar-refractivity contribution in [2.24, 2.45) is 4.99 Å². The molecule has 0 fully saturated rings. The summed E-state index contributed by atoms with van der Waals surface area (Å²) in [6, 6.07) is 1.33. The Bertz CT molecular complexity index is 322. The summed E-state index contributed by atoms with van der Waals surface area (Å²) < 4.78 is 5.79. The fourth-order valence-electron chi connectivity index (χ4n) is 2.40. The van der Waals surface area contributed by atoms with Crippen molar-refractivity contribution in [3.63, 3.8) is 0 Å². The fourth-order valence-corrected chi connectivity index (χ4v) is 2.40. The van der Waals surface area contributed by atoms with Crippen LogP contribution in [0.25, 0.3) is 0 Å². The number of aliphatic imine (C=N–C) groups is 1. The van der Waals surface area contributed by atoms with Crippen molar-refractivity contribution >= 4 is 6.02 Å². The van der Waals surface area contributed by atoms with Gasteiger partial charge in [0.05, 0.1) is 6.61 Å². The molecule has 0 aromatic heterocycles. The van der Waals surface area contributed by atoms with Gasteiger partial charge in [0.2, 0.25) is 0 Å². The molecule has 0 spiro atoms. The van der Waals surface area contributed by atoms with Crippen LogP contribution in [0.15, 0.2) is 17.1 Å². The highest BCUT2D eigenvalue weighted by Gasteiger charge is 2.03. The molecule has 0 aliphatic carbocycles. The molecular formula is C21H42N2O. The normalized spacial score (nSPS) is 12.5. The Labute approximate surface area is 151 Å². The van der Waals surface area contributed by atoms with Crippen LogP contribution in [0.4, 0.5) is 0 Å². The summed E-state index contributed by atoms with van der Waals surface area (Å²) in [5.41, 5.74) is 0. The van der Waals surface area contributed by atoms with Crippen LogP contribution >= 0.6 is 0 Å². The minimum absolute atomic E-state index is 0.266. The Kier molecular flexibility index (Phi) is 16.2. The van der Waals surface area contributed by atoms with Crippen molar-refractivity contribution in [3.05, 3.63) is 12.2 Å². The summed E-state index contributed by atoms with van der Waals surface area (Å²) in [6.45, 7) is 11.4. The van der Waals surface area contributed by atoms with Crippen molar-refractivity contribution in [1.82, 2.24) is 5.32 Å². The van der Waals surface area contributed by atoms with Gasteiger partial charge in [-0.25, -0.2) is 4.99 Å². The predicted molar refractivity (Wildman–Crippen MR) is 108 cm³/mol. The summed E-state index contributed by atoms with van der Waals surface area (Å²) in [5.74, 6) is 0. The molecule has 3 nitrogen and oxygen atoms in total. The molecule has 0 atom stereocenters. The highest BCUT2D eigenvalue weighted by molar-refractivity contribution is 5.73. The maximum absolute atomic E-state index is 5.79. The van der Waals surface area contributed by atoms with E-state index in [0.29, 0.717) is 12.1 Å². The van der Waals surface area contributed by atoms with E-state index in [-0.39, 0.29) is 6.04 Å². The molecule has 0 rings (SSSR count). The zero-order valence-corrected chi connectivity index (χ0v) is 16.9. The first kappa shape index (κ1) is 23.0. The maximum Gasteiger partial charge on any atom is 0.285 e. The highest BCUT2D eigenvalue weighted by Crippen LogP contribution is 2.08. The van der Waals surface area contributed by atoms with Gasteiger partial charge in [-0.1, -0.05) is 57.6 Å². The van der Waals surface area contributed by atoms with E-state index in [1.165, 1.54) is 57.8 Å². The summed E-state index contributed by atoms with van der Waals surface area (Å²) in [6.07, 6.45) is 17.6. The number of hydrogen-bond acceptors (Lipinski definition) is 2. The monoisotopic (exact) mass is 338 g/mol. The number of allylic oxidation sites excluding steroid dienone is 2. The van der Waals surface area contributed by atoms with E-state index < -0.39 is 0 Å². The van der Waals surface area contributed by atoms with Gasteiger partial charge in [0.15, 0.2) is 0 Å². The molecule has 0 aromatic carbocycles. The van der Waals surface area contributed by atoms with E-state index in [0.717, 1.165) is 13.0 Å². The van der Waals surface area contributed by atoms with Crippen LogP contribution < -0.4 is 5.32 Å². The second-order valence-electron chi connectivity index (χ2n) is 7.20. The van der Waals surface area contributed by atoms with Crippen LogP contribution in [0.2, 0.25) is 0 Å². The molecule has 0 heterocycles. The van der Waals surface area contributed by atoms with E-state index in [1.54, 1.807) is 0 Å². The lowest BCUT2D eigenvalue weighted by molar-refractivity contribution is 0.272. The third kappa shape index (κ3) is 17.4. The van der Waals surface area contributed by atoms with Crippen LogP contribution in [-0.4, -0.2) is 24.7 Å². The molecule has 3 heteroatoms. The average molecular weight is 339 g/mol. The first-order chi connectivity index (χ1) is 11.6. The average Bonchev–Trinajstić information content (AvgIpc) is 2.50. The minimum Gasteiger partial charge on any atom is -0.465 e. The maximum atomic E-state index is 5.79. The number of nitrogens with one attached hydrogen (secondary N) is 1. The molecule has 0 saturated carbocycles. The van der Waals surface area contributed by atoms with Crippen LogP contribution in [0.3, 0.4) is 0 Å². The molecular weight excluding hydrogens is 296 g/mol. The number of unbranched alkanes of at least 4 members (excludes halogenated alkanes) is 8. The van der Waals surface area contributed by atoms with Crippen LogP contribution in [0, 0.1) is 0 Å². The zero-order valence-electron chi connectivity index (χ0n) is 16.9. The molecule has 0 aliphatic rings. The Morgan fingerprint density at radius 1 is 0.875 bits per heavy atom. The third-order valence-corrected chi connectivity index (χ3v) is 3.68. The van der Waals surface area contributed by atoms with E-state index in [4.69, 9.17) is 4.74 Å². The summed E-state index contributed by atoms with van der Waals surface area (Å²) >= 11 is 0. The lowest BCUT2D eigenvalue weighted by Crippen LogP contribution is -2.33. The first-order valence-corrected chi connectivity index (χ1v) is 10.2. The lowest BCUT2D eigenvalue weighted by atomic mass is 10.1. The SMILES string of the molecule is CCCC/C=C\CCCCCCCCOC(=NC(C)C)NC(C)C. The van der Waals surface area contributed by atoms with Crippen molar-refractivity contribution in [2.75, 3.05) is 6.61 Å². The van der Waals surface area contributed by atoms with Gasteiger partial charge in [-0.3, -0.25) is 0 Å². The predicted octanol–water partition coefficient (Wildman–Crippen LogP) is 6.24. The largest absolute Gasteiger partial charge is 0.465 e. The van der Waals surface area contributed by atoms with Crippen molar-refractivity contribution in [1.29, 1.82) is 0 Å². The molecule has 0 aromatic rings. The Morgan fingerprint density at radius 2 is 1.46 bits per heavy atom. The number of ether oxygens (including phenoxy) is 1. The summed E-state index contributed by atoms with van der Waals surface area (Å²) in [5, 5.41) is 3.28. The van der Waals surface area contributed by atoms with Gasteiger partial charge < -0.3 is 10.1 Å². The molecule has 142 valence electrons. The molecule has 0 aliphatic heterocycles. The smallest absolute Gasteiger partial charge is 0.285 e. The van der Waals surface area contributed by atoms with Gasteiger partial charge in [0, 0.05) is 12.1 Å². The Morgan fingerprint density at radius 3 is 2.04 bits per heavy atom. The van der Waals surface area contributed by atoms with Crippen molar-refractivity contribution < 1.29 is 4.74 Å². The lowest BCUT2D eigenvalue weighted by Gasteiger charge is -2.15. The zero-order chi connectivity index (χ0) is 18.0. The molecule has 0 radical (unpaired) electrons. The molecule has 1 N–H and O–H groups in total. The quantitative estimate of drug-likeness (QED) is 0.176. The Balaban J connectivity index is 3.50. The minimum atomic E-state index is 0.266. The number of amidine groups is 1. The van der Waals surface area contributed by atoms with Crippen LogP contribution in [-0.2, 0) is 4.74 Å². The Hall–Kier alpha value is -0.990. The first-order valence-electron chi connectivity index (χ1n) is 10.2. The number of nitrogens with zero attached hydrogens (tertiary/aromatic N) is 1. The summed E-state index contributed by atoms with van der Waals surface area (Å²) in [7, 11) is 0. The van der Waals surface area contributed by atoms with Gasteiger partial charge in [0.25, 0.3) is 6.02 Å². The number of hydrogen-bond donors (Lipinski definition) is 1. The molecule has 0 unspecified atom stereocenters. The van der Waals surface area contributed by atoms with Gasteiger partial charge in [-0.05, 0) is 53.4 Å². The standard InChI is InChI=1S/C21H42N2O/c1-6-7-8-9-10-11-12-13-14-15-16-17-18-24-21(22-19(2)3)23-20(4)5/h9-10,19-20H,6-8,11-18H2,1-5H3,(H,22,23)/b10-9-. The third-order valence-electron chi connectivity index (χ3n) is 3.68. The van der Waals surface area contributed by atoms with E-state index in [9.17, 15) is 0 Å². The van der Waals surface area contributed by atoms with Gasteiger partial charge in [-0.15, -0.1) is 0 Å². The highest BCUT2D eigenvalue weighted by atomic mass is 16.5. The van der Waals surface area contributed by atoms with Crippen molar-refractivity contribution in [2.45, 2.75) is 111 Å². The summed E-state index contributed by atoms with van der Waals surface area (Å²) in [4.78, 5) is 4.49. The van der Waals surface area contributed by atoms with Gasteiger partial charge in [0.1, 0.15) is 0 Å². The van der Waals surface area contributed by atoms with E-state index >= 15 is 0 Å². The molecule has 0 bridgehead atoms. The molecule has 24 heavy (non-hydrogen) atoms. The van der Waals surface area contributed by atoms with Gasteiger partial charge in [-0.2, -0.15) is 0 Å². The van der Waals surface area contributed by atoms with Crippen LogP contribution in [0.5, 0.6) is 0 Å². The molecule has 0 saturated heterocycles. The van der Waals surface area contributed by atoms with E-state index in [1.807, 2.05) is 0 Å². The van der Waals surface area contributed by atoms with Gasteiger partial charge >= 0.3 is 0 Å². The molecule has 0 amide bonds. The van der Waals surface area contributed by atoms with Crippen molar-refractivity contribution in [3.8, 4) is 0 Å². The van der Waals surface area contributed by atoms with Crippen LogP contribution in [0.1, 0.15) is 98.8 Å². The van der Waals surface area contributed by atoms with E-state index in [2.05, 4.69) is 57.1 Å². The topological polar surface area (TPSA) is 33.6 Å². The fraction of sp³-hybridized carbons (Fsp3) is 0.857. The second kappa shape index (κ2) is 16.9. The number of rotatable bonds is 14.